The highest BCUT2D eigenvalue weighted by atomic mass is 16.2. The van der Waals surface area contributed by atoms with Crippen LogP contribution in [0.2, 0.25) is 0 Å². The summed E-state index contributed by atoms with van der Waals surface area (Å²) in [5.74, 6) is 1.62. The molecule has 0 unspecified atom stereocenters. The summed E-state index contributed by atoms with van der Waals surface area (Å²) in [6, 6.07) is 8.12. The Kier molecular flexibility index (Phi) is 5.11. The largest absolute Gasteiger partial charge is 0.378 e. The zero-order valence-electron chi connectivity index (χ0n) is 15.6. The second-order valence-corrected chi connectivity index (χ2v) is 7.33. The van der Waals surface area contributed by atoms with E-state index in [0.29, 0.717) is 5.92 Å². The van der Waals surface area contributed by atoms with E-state index < -0.39 is 0 Å². The molecule has 1 aliphatic heterocycles. The maximum atomic E-state index is 13.0. The molecule has 1 fully saturated rings. The Bertz CT molecular complexity index is 718. The van der Waals surface area contributed by atoms with Crippen LogP contribution in [0.1, 0.15) is 48.8 Å². The van der Waals surface area contributed by atoms with Gasteiger partial charge >= 0.3 is 0 Å². The van der Waals surface area contributed by atoms with Crippen molar-refractivity contribution in [2.45, 2.75) is 45.2 Å². The first-order valence-electron chi connectivity index (χ1n) is 9.06. The summed E-state index contributed by atoms with van der Waals surface area (Å²) in [5.41, 5.74) is 1.88. The van der Waals surface area contributed by atoms with Gasteiger partial charge in [-0.2, -0.15) is 0 Å². The maximum absolute atomic E-state index is 13.0. The Morgan fingerprint density at radius 1 is 1.28 bits per heavy atom. The maximum Gasteiger partial charge on any atom is 0.254 e. The Balaban J connectivity index is 1.74. The Morgan fingerprint density at radius 2 is 2.00 bits per heavy atom. The minimum absolute atomic E-state index is 0.138. The molecule has 0 radical (unpaired) electrons. The predicted octanol–water partition coefficient (Wildman–Crippen LogP) is 3.38. The third-order valence-corrected chi connectivity index (χ3v) is 4.94. The van der Waals surface area contributed by atoms with E-state index in [4.69, 9.17) is 0 Å². The van der Waals surface area contributed by atoms with Gasteiger partial charge in [-0.05, 0) is 37.1 Å². The normalized spacial score (nSPS) is 17.3. The number of rotatable bonds is 5. The van der Waals surface area contributed by atoms with E-state index in [1.807, 2.05) is 60.6 Å². The van der Waals surface area contributed by atoms with E-state index >= 15 is 0 Å². The number of amides is 1. The molecular weight excluding hydrogens is 312 g/mol. The molecule has 0 saturated carbocycles. The molecule has 0 N–H and O–H groups in total. The molecule has 0 bridgehead atoms. The van der Waals surface area contributed by atoms with Crippen LogP contribution in [0.4, 0.5) is 5.69 Å². The third-order valence-electron chi connectivity index (χ3n) is 4.94. The standard InChI is InChI=1S/C20H28N4O/c1-15(2)19-21-11-13-23(19)14-18-6-5-12-24(18)20(25)16-7-9-17(10-8-16)22(3)4/h7-11,13,15,18H,5-6,12,14H2,1-4H3/t18-/m0/s1. The highest BCUT2D eigenvalue weighted by Crippen LogP contribution is 2.24. The molecule has 3 rings (SSSR count). The molecular formula is C20H28N4O. The number of aromatic nitrogens is 2. The lowest BCUT2D eigenvalue weighted by Crippen LogP contribution is -2.38. The average Bonchev–Trinajstić information content (AvgIpc) is 3.24. The first-order chi connectivity index (χ1) is 12.0. The lowest BCUT2D eigenvalue weighted by atomic mass is 10.1. The molecule has 1 aromatic heterocycles. The molecule has 25 heavy (non-hydrogen) atoms. The number of carbonyl (C=O) groups is 1. The lowest BCUT2D eigenvalue weighted by molar-refractivity contribution is 0.0723. The number of imidazole rings is 1. The SMILES string of the molecule is CC(C)c1nccn1C[C@@H]1CCCN1C(=O)c1ccc(N(C)C)cc1. The van der Waals surface area contributed by atoms with E-state index in [2.05, 4.69) is 23.4 Å². The summed E-state index contributed by atoms with van der Waals surface area (Å²) in [6.07, 6.45) is 6.01. The second-order valence-electron chi connectivity index (χ2n) is 7.33. The van der Waals surface area contributed by atoms with E-state index in [-0.39, 0.29) is 11.9 Å². The first-order valence-corrected chi connectivity index (χ1v) is 9.06. The molecule has 1 atom stereocenters. The smallest absolute Gasteiger partial charge is 0.254 e. The zero-order valence-corrected chi connectivity index (χ0v) is 15.6. The summed E-state index contributed by atoms with van der Waals surface area (Å²) >= 11 is 0. The minimum atomic E-state index is 0.138. The van der Waals surface area contributed by atoms with Gasteiger partial charge in [0.2, 0.25) is 0 Å². The number of carbonyl (C=O) groups excluding carboxylic acids is 1. The summed E-state index contributed by atoms with van der Waals surface area (Å²) in [6.45, 7) is 5.98. The summed E-state index contributed by atoms with van der Waals surface area (Å²) < 4.78 is 2.20. The molecule has 5 heteroatoms. The van der Waals surface area contributed by atoms with Crippen LogP contribution in [0, 0.1) is 0 Å². The highest BCUT2D eigenvalue weighted by molar-refractivity contribution is 5.95. The molecule has 5 nitrogen and oxygen atoms in total. The number of likely N-dealkylation sites (tertiary alicyclic amines) is 1. The molecule has 0 spiro atoms. The van der Waals surface area contributed by atoms with Crippen molar-refractivity contribution < 1.29 is 4.79 Å². The average molecular weight is 340 g/mol. The monoisotopic (exact) mass is 340 g/mol. The van der Waals surface area contributed by atoms with Crippen molar-refractivity contribution in [3.05, 3.63) is 48.0 Å². The quantitative estimate of drug-likeness (QED) is 0.838. The summed E-state index contributed by atoms with van der Waals surface area (Å²) in [4.78, 5) is 21.5. The van der Waals surface area contributed by atoms with Gasteiger partial charge in [0.05, 0.1) is 6.04 Å². The van der Waals surface area contributed by atoms with Crippen molar-refractivity contribution in [2.75, 3.05) is 25.5 Å². The Hall–Kier alpha value is -2.30. The van der Waals surface area contributed by atoms with Crippen molar-refractivity contribution in [2.24, 2.45) is 0 Å². The molecule has 1 aromatic carbocycles. The number of nitrogens with zero attached hydrogens (tertiary/aromatic N) is 4. The highest BCUT2D eigenvalue weighted by Gasteiger charge is 2.30. The van der Waals surface area contributed by atoms with Crippen LogP contribution in [0.5, 0.6) is 0 Å². The van der Waals surface area contributed by atoms with E-state index in [9.17, 15) is 4.79 Å². The lowest BCUT2D eigenvalue weighted by Gasteiger charge is -2.26. The van der Waals surface area contributed by atoms with Gasteiger partial charge in [-0.1, -0.05) is 13.8 Å². The molecule has 1 aliphatic rings. The van der Waals surface area contributed by atoms with Crippen molar-refractivity contribution >= 4 is 11.6 Å². The van der Waals surface area contributed by atoms with Crippen molar-refractivity contribution in [3.8, 4) is 0 Å². The van der Waals surface area contributed by atoms with Gasteiger partial charge in [-0.15, -0.1) is 0 Å². The fourth-order valence-electron chi connectivity index (χ4n) is 3.56. The van der Waals surface area contributed by atoms with E-state index in [1.165, 1.54) is 0 Å². The predicted molar refractivity (Wildman–Crippen MR) is 101 cm³/mol. The number of hydrogen-bond donors (Lipinski definition) is 0. The van der Waals surface area contributed by atoms with Gasteiger partial charge in [0.25, 0.3) is 5.91 Å². The molecule has 134 valence electrons. The van der Waals surface area contributed by atoms with Gasteiger partial charge < -0.3 is 14.4 Å². The number of benzene rings is 1. The van der Waals surface area contributed by atoms with Crippen LogP contribution in [0.25, 0.3) is 0 Å². The Morgan fingerprint density at radius 3 is 2.64 bits per heavy atom. The molecule has 0 aliphatic carbocycles. The van der Waals surface area contributed by atoms with Gasteiger partial charge in [-0.25, -0.2) is 4.98 Å². The summed E-state index contributed by atoms with van der Waals surface area (Å²) in [7, 11) is 4.01. The summed E-state index contributed by atoms with van der Waals surface area (Å²) in [5, 5.41) is 0. The van der Waals surface area contributed by atoms with Crippen LogP contribution in [0.3, 0.4) is 0 Å². The molecule has 1 amide bonds. The fraction of sp³-hybridized carbons (Fsp3) is 0.500. The zero-order chi connectivity index (χ0) is 18.0. The van der Waals surface area contributed by atoms with E-state index in [1.54, 1.807) is 0 Å². The molecule has 2 aromatic rings. The number of anilines is 1. The van der Waals surface area contributed by atoms with Crippen LogP contribution in [0.15, 0.2) is 36.7 Å². The topological polar surface area (TPSA) is 41.4 Å². The van der Waals surface area contributed by atoms with Crippen molar-refractivity contribution in [3.63, 3.8) is 0 Å². The third kappa shape index (κ3) is 3.70. The van der Waals surface area contributed by atoms with E-state index in [0.717, 1.165) is 43.0 Å². The molecule has 2 heterocycles. The van der Waals surface area contributed by atoms with Gasteiger partial charge in [0, 0.05) is 56.7 Å². The van der Waals surface area contributed by atoms with Crippen LogP contribution in [-0.2, 0) is 6.54 Å². The van der Waals surface area contributed by atoms with Gasteiger partial charge in [-0.3, -0.25) is 4.79 Å². The molecule has 1 saturated heterocycles. The first kappa shape index (κ1) is 17.5. The second kappa shape index (κ2) is 7.30. The van der Waals surface area contributed by atoms with Gasteiger partial charge in [0.1, 0.15) is 5.82 Å². The van der Waals surface area contributed by atoms with Crippen LogP contribution >= 0.6 is 0 Å². The van der Waals surface area contributed by atoms with Crippen molar-refractivity contribution in [1.82, 2.24) is 14.5 Å². The Labute approximate surface area is 150 Å². The van der Waals surface area contributed by atoms with Crippen LogP contribution < -0.4 is 4.90 Å². The van der Waals surface area contributed by atoms with Crippen LogP contribution in [-0.4, -0.2) is 47.0 Å². The minimum Gasteiger partial charge on any atom is -0.378 e. The van der Waals surface area contributed by atoms with Crippen molar-refractivity contribution in [1.29, 1.82) is 0 Å². The van der Waals surface area contributed by atoms with Gasteiger partial charge in [0.15, 0.2) is 0 Å². The fourth-order valence-corrected chi connectivity index (χ4v) is 3.56. The number of hydrogen-bond acceptors (Lipinski definition) is 3.